The van der Waals surface area contributed by atoms with Gasteiger partial charge in [0.15, 0.2) is 5.65 Å². The molecule has 1 saturated carbocycles. The molecule has 3 rings (SSSR count). The molecule has 1 aliphatic carbocycles. The summed E-state index contributed by atoms with van der Waals surface area (Å²) >= 11 is 6.13. The average Bonchev–Trinajstić information content (AvgIpc) is 2.98. The Morgan fingerprint density at radius 1 is 1.25 bits per heavy atom. The summed E-state index contributed by atoms with van der Waals surface area (Å²) in [6.07, 6.45) is 6.41. The van der Waals surface area contributed by atoms with Crippen LogP contribution in [-0.2, 0) is 12.9 Å². The first-order valence-electron chi connectivity index (χ1n) is 7.62. The topological polar surface area (TPSA) is 35.6 Å². The lowest BCUT2D eigenvalue weighted by atomic mass is 9.84. The van der Waals surface area contributed by atoms with Gasteiger partial charge in [0, 0.05) is 13.1 Å². The zero-order valence-electron chi connectivity index (χ0n) is 12.6. The van der Waals surface area contributed by atoms with Crippen molar-refractivity contribution in [3.05, 3.63) is 11.5 Å². The van der Waals surface area contributed by atoms with Crippen molar-refractivity contribution >= 4 is 22.8 Å². The van der Waals surface area contributed by atoms with Crippen molar-refractivity contribution in [3.8, 4) is 0 Å². The molecule has 0 atom stereocenters. The van der Waals surface area contributed by atoms with Crippen molar-refractivity contribution in [2.75, 3.05) is 0 Å². The second kappa shape index (κ2) is 5.40. The molecule has 2 aromatic rings. The van der Waals surface area contributed by atoms with Crippen molar-refractivity contribution in [1.29, 1.82) is 0 Å². The lowest BCUT2D eigenvalue weighted by Gasteiger charge is -2.30. The van der Waals surface area contributed by atoms with Crippen LogP contribution in [0, 0.1) is 12.8 Å². The minimum atomic E-state index is 0.474. The van der Waals surface area contributed by atoms with Crippen LogP contribution in [-0.4, -0.2) is 19.3 Å². The Labute approximate surface area is 125 Å². The maximum Gasteiger partial charge on any atom is 0.158 e. The van der Waals surface area contributed by atoms with Crippen LogP contribution in [0.1, 0.15) is 56.6 Å². The number of hydrogen-bond donors (Lipinski definition) is 0. The van der Waals surface area contributed by atoms with Gasteiger partial charge in [0.1, 0.15) is 11.3 Å². The summed E-state index contributed by atoms with van der Waals surface area (Å²) in [7, 11) is 2.00. The molecule has 2 aromatic heterocycles. The Morgan fingerprint density at radius 3 is 2.55 bits per heavy atom. The van der Waals surface area contributed by atoms with Crippen LogP contribution in [0.4, 0.5) is 0 Å². The molecule has 0 aromatic carbocycles. The summed E-state index contributed by atoms with van der Waals surface area (Å²) in [6.45, 7) is 4.32. The number of nitrogens with zero attached hydrogens (tertiary/aromatic N) is 4. The van der Waals surface area contributed by atoms with Crippen LogP contribution in [0.5, 0.6) is 0 Å². The quantitative estimate of drug-likeness (QED) is 0.803. The van der Waals surface area contributed by atoms with Crippen LogP contribution in [0.3, 0.4) is 0 Å². The normalized spacial score (nSPS) is 23.6. The molecule has 1 fully saturated rings. The van der Waals surface area contributed by atoms with Crippen molar-refractivity contribution in [3.63, 3.8) is 0 Å². The molecule has 0 spiro atoms. The van der Waals surface area contributed by atoms with E-state index < -0.39 is 0 Å². The van der Waals surface area contributed by atoms with Gasteiger partial charge < -0.3 is 4.57 Å². The Bertz CT molecular complexity index is 605. The molecular formula is C15H23ClN4. The van der Waals surface area contributed by atoms with Crippen LogP contribution in [0.2, 0.25) is 0 Å². The third kappa shape index (κ3) is 2.14. The number of hydrogen-bond acceptors (Lipinski definition) is 2. The molecule has 0 aliphatic heterocycles. The Balaban J connectivity index is 2.01. The molecule has 1 aliphatic rings. The Kier molecular flexibility index (Phi) is 3.76. The zero-order valence-corrected chi connectivity index (χ0v) is 13.3. The molecule has 0 amide bonds. The first-order chi connectivity index (χ1) is 9.65. The second-order valence-electron chi connectivity index (χ2n) is 6.00. The van der Waals surface area contributed by atoms with E-state index in [9.17, 15) is 0 Å². The van der Waals surface area contributed by atoms with E-state index in [-0.39, 0.29) is 0 Å². The van der Waals surface area contributed by atoms with Crippen LogP contribution < -0.4 is 0 Å². The fraction of sp³-hybridized carbons (Fsp3) is 0.733. The van der Waals surface area contributed by atoms with E-state index in [1.807, 2.05) is 18.7 Å². The average molecular weight is 295 g/mol. The molecule has 2 heterocycles. The van der Waals surface area contributed by atoms with Crippen molar-refractivity contribution < 1.29 is 0 Å². The van der Waals surface area contributed by atoms with E-state index in [0.29, 0.717) is 11.9 Å². The number of aryl methyl sites for hydroxylation is 2. The summed E-state index contributed by atoms with van der Waals surface area (Å²) in [4.78, 5) is 4.71. The lowest BCUT2D eigenvalue weighted by Crippen LogP contribution is -2.20. The highest BCUT2D eigenvalue weighted by Crippen LogP contribution is 2.36. The Morgan fingerprint density at radius 2 is 1.95 bits per heavy atom. The maximum absolute atomic E-state index is 6.13. The molecule has 110 valence electrons. The predicted octanol–water partition coefficient (Wildman–Crippen LogP) is 3.96. The van der Waals surface area contributed by atoms with E-state index in [1.54, 1.807) is 0 Å². The standard InChI is InChI=1S/C15H23ClN4/c1-4-11-5-7-12(8-6-11)20-13(9-16)17-14-10(2)18-19(3)15(14)20/h11-12H,4-9H2,1-3H3. The number of halogens is 1. The SMILES string of the molecule is CCC1CCC(n2c(CCl)nc3c(C)nn(C)c32)CC1. The van der Waals surface area contributed by atoms with Crippen molar-refractivity contribution in [2.45, 2.75) is 57.9 Å². The zero-order chi connectivity index (χ0) is 14.3. The van der Waals surface area contributed by atoms with Crippen LogP contribution in [0.25, 0.3) is 11.2 Å². The van der Waals surface area contributed by atoms with E-state index in [4.69, 9.17) is 16.6 Å². The fourth-order valence-electron chi connectivity index (χ4n) is 3.63. The highest BCUT2D eigenvalue weighted by Gasteiger charge is 2.26. The molecule has 5 heteroatoms. The van der Waals surface area contributed by atoms with E-state index >= 15 is 0 Å². The van der Waals surface area contributed by atoms with Crippen molar-refractivity contribution in [2.24, 2.45) is 13.0 Å². The van der Waals surface area contributed by atoms with Gasteiger partial charge in [-0.05, 0) is 38.5 Å². The van der Waals surface area contributed by atoms with Crippen molar-refractivity contribution in [1.82, 2.24) is 19.3 Å². The molecule has 0 N–H and O–H groups in total. The van der Waals surface area contributed by atoms with E-state index in [2.05, 4.69) is 16.6 Å². The highest BCUT2D eigenvalue weighted by molar-refractivity contribution is 6.16. The number of aromatic nitrogens is 4. The Hall–Kier alpha value is -1.03. The summed E-state index contributed by atoms with van der Waals surface area (Å²) in [6, 6.07) is 0.534. The third-order valence-corrected chi connectivity index (χ3v) is 5.03. The monoisotopic (exact) mass is 294 g/mol. The van der Waals surface area contributed by atoms with Gasteiger partial charge in [0.05, 0.1) is 11.6 Å². The molecule has 20 heavy (non-hydrogen) atoms. The largest absolute Gasteiger partial charge is 0.309 e. The van der Waals surface area contributed by atoms with Gasteiger partial charge >= 0.3 is 0 Å². The number of alkyl halides is 1. The molecule has 0 unspecified atom stereocenters. The fourth-order valence-corrected chi connectivity index (χ4v) is 3.82. The minimum Gasteiger partial charge on any atom is -0.309 e. The second-order valence-corrected chi connectivity index (χ2v) is 6.26. The minimum absolute atomic E-state index is 0.474. The van der Waals surface area contributed by atoms with Gasteiger partial charge in [0.25, 0.3) is 0 Å². The number of imidazole rings is 1. The smallest absolute Gasteiger partial charge is 0.158 e. The first kappa shape index (κ1) is 13.9. The van der Waals surface area contributed by atoms with Gasteiger partial charge in [-0.3, -0.25) is 4.68 Å². The van der Waals surface area contributed by atoms with Crippen LogP contribution >= 0.6 is 11.6 Å². The summed E-state index contributed by atoms with van der Waals surface area (Å²) in [5.74, 6) is 2.37. The molecule has 0 saturated heterocycles. The van der Waals surface area contributed by atoms with Gasteiger partial charge in [-0.25, -0.2) is 4.98 Å². The maximum atomic E-state index is 6.13. The number of fused-ring (bicyclic) bond motifs is 1. The van der Waals surface area contributed by atoms with Gasteiger partial charge in [0.2, 0.25) is 0 Å². The first-order valence-corrected chi connectivity index (χ1v) is 8.15. The predicted molar refractivity (Wildman–Crippen MR) is 82.1 cm³/mol. The highest BCUT2D eigenvalue weighted by atomic mass is 35.5. The molecular weight excluding hydrogens is 272 g/mol. The lowest BCUT2D eigenvalue weighted by molar-refractivity contribution is 0.269. The van der Waals surface area contributed by atoms with E-state index in [1.165, 1.54) is 32.1 Å². The molecule has 0 radical (unpaired) electrons. The van der Waals surface area contributed by atoms with Crippen LogP contribution in [0.15, 0.2) is 0 Å². The molecule has 4 nitrogen and oxygen atoms in total. The summed E-state index contributed by atoms with van der Waals surface area (Å²) < 4.78 is 4.31. The van der Waals surface area contributed by atoms with Gasteiger partial charge in [-0.1, -0.05) is 13.3 Å². The molecule has 0 bridgehead atoms. The number of rotatable bonds is 3. The summed E-state index contributed by atoms with van der Waals surface area (Å²) in [5, 5.41) is 4.50. The summed E-state index contributed by atoms with van der Waals surface area (Å²) in [5.41, 5.74) is 3.15. The van der Waals surface area contributed by atoms with E-state index in [0.717, 1.165) is 28.6 Å². The third-order valence-electron chi connectivity index (χ3n) is 4.79. The van der Waals surface area contributed by atoms with Gasteiger partial charge in [-0.15, -0.1) is 11.6 Å². The van der Waals surface area contributed by atoms with Gasteiger partial charge in [-0.2, -0.15) is 5.10 Å².